The lowest BCUT2D eigenvalue weighted by Gasteiger charge is -2.34. The summed E-state index contributed by atoms with van der Waals surface area (Å²) in [5.41, 5.74) is 3.80. The zero-order valence-electron chi connectivity index (χ0n) is 74.4. The fourth-order valence-corrected chi connectivity index (χ4v) is 14.9. The maximum Gasteiger partial charge on any atom is 0.303 e. The number of aliphatic carboxylic acids is 1. The number of aromatic amines is 1. The number of carboxylic acid groups (broad SMARTS) is 1. The molecule has 1 aromatic heterocycles. The number of carboxylic acids is 1. The summed E-state index contributed by atoms with van der Waals surface area (Å²) in [5.74, 6) is -16.1. The Morgan fingerprint density at radius 2 is 1.14 bits per heavy atom. The van der Waals surface area contributed by atoms with E-state index in [1.165, 1.54) is 86.6 Å². The van der Waals surface area contributed by atoms with Crippen LogP contribution in [-0.2, 0) is 101 Å². The molecule has 1 aliphatic heterocycles. The van der Waals surface area contributed by atoms with Gasteiger partial charge in [0.05, 0.1) is 24.2 Å². The Morgan fingerprint density at radius 1 is 0.559 bits per heavy atom. The second kappa shape index (κ2) is 51.2. The Labute approximate surface area is 743 Å². The number of Topliss-reactive ketones (excluding diaryl/α,β-unsaturated/α-hetero) is 3. The minimum Gasteiger partial charge on any atom is -0.508 e. The van der Waals surface area contributed by atoms with E-state index >= 15 is 28.8 Å². The number of phenolic OH excluding ortho intramolecular Hbond substituents is 1. The Hall–Kier alpha value is -11.8. The van der Waals surface area contributed by atoms with Gasteiger partial charge in [0.2, 0.25) is 88.4 Å². The molecule has 0 saturated heterocycles. The van der Waals surface area contributed by atoms with Gasteiger partial charge in [-0.15, -0.1) is 0 Å². The highest BCUT2D eigenvalue weighted by Crippen LogP contribution is 2.35. The lowest BCUT2D eigenvalue weighted by molar-refractivity contribution is -0.140. The Morgan fingerprint density at radius 3 is 1.74 bits per heavy atom. The summed E-state index contributed by atoms with van der Waals surface area (Å²) in [6.07, 6.45) is 7.62. The number of phenols is 1. The van der Waals surface area contributed by atoms with Crippen LogP contribution in [0.2, 0.25) is 0 Å². The highest BCUT2D eigenvalue weighted by atomic mass is 16.4. The summed E-state index contributed by atoms with van der Waals surface area (Å²) >= 11 is 0. The number of hydrogen-bond acceptors (Lipinski definition) is 20. The summed E-state index contributed by atoms with van der Waals surface area (Å²) in [6.45, 7) is 17.3. The van der Waals surface area contributed by atoms with E-state index in [0.717, 1.165) is 19.3 Å². The first kappa shape index (κ1) is 106. The van der Waals surface area contributed by atoms with E-state index in [9.17, 15) is 68.1 Å². The van der Waals surface area contributed by atoms with Gasteiger partial charge in [0.25, 0.3) is 0 Å². The molecular formula is C92H135N15O20. The quantitative estimate of drug-likeness (QED) is 0.0226. The Balaban J connectivity index is 0.0000286. The molecule has 127 heavy (non-hydrogen) atoms. The number of aromatic nitrogens is 1. The van der Waals surface area contributed by atoms with Crippen molar-refractivity contribution in [2.75, 3.05) is 6.54 Å². The highest BCUT2D eigenvalue weighted by molar-refractivity contribution is 6.41. The van der Waals surface area contributed by atoms with Crippen molar-refractivity contribution in [2.45, 2.75) is 309 Å². The van der Waals surface area contributed by atoms with Crippen molar-refractivity contribution >= 4 is 111 Å². The van der Waals surface area contributed by atoms with Crippen molar-refractivity contribution in [3.05, 3.63) is 114 Å². The number of nitrogens with two attached hydrogens (primary N) is 1. The third kappa shape index (κ3) is 34.2. The van der Waals surface area contributed by atoms with Crippen LogP contribution < -0.4 is 74.9 Å². The van der Waals surface area contributed by atoms with E-state index in [1.54, 1.807) is 55.6 Å². The number of rotatable bonds is 36. The van der Waals surface area contributed by atoms with Gasteiger partial charge < -0.3 is 95.2 Å². The molecule has 35 nitrogen and oxygen atoms in total. The number of primary amides is 1. The SMILES string of the molecule is C.CC(=O)N[C@@H](CC(C)C)C(=O)N[C@H](C(=O)N[C@@H](Cc1ccccc1)C(=O)N[C@]1(C)CCCCCC/C=C/CCC[C@@](C)(C(=O)NC(C)C(=O)N[C@@H](C)C(=O)NC(C)C(=O)N[C@@H](C)C(=O)C(=O)[C@H](C)NC[C@H](C)C(N)=O)NC(=O)[C@H](CC2CCC2)CCC(=O)[C@H](Cc2c[nH]c3ccccc23)NC(=O)C(Cc2ccc(O)cc2)NC(=O)[C@H](CCC(=O)O)NC1=O)[C@@H](C)O. The number of fused-ring (bicyclic) bond motifs is 1. The van der Waals surface area contributed by atoms with Crippen LogP contribution >= 0.6 is 0 Å². The van der Waals surface area contributed by atoms with Crippen molar-refractivity contribution in [1.29, 1.82) is 0 Å². The minimum atomic E-state index is -1.99. The lowest BCUT2D eigenvalue weighted by Crippen LogP contribution is -2.65. The van der Waals surface area contributed by atoms with Crippen LogP contribution in [0.15, 0.2) is 97.2 Å². The van der Waals surface area contributed by atoms with Gasteiger partial charge in [-0.05, 0) is 166 Å². The van der Waals surface area contributed by atoms with Crippen molar-refractivity contribution in [1.82, 2.24) is 74.1 Å². The summed E-state index contributed by atoms with van der Waals surface area (Å²) in [6, 6.07) is 6.02. The van der Waals surface area contributed by atoms with Crippen LogP contribution in [0.1, 0.15) is 223 Å². The number of H-pyrrole nitrogens is 1. The first-order valence-electron chi connectivity index (χ1n) is 43.7. The number of benzene rings is 3. The zero-order valence-corrected chi connectivity index (χ0v) is 74.4. The molecule has 698 valence electrons. The number of carbonyl (C=O) groups excluding carboxylic acids is 16. The molecule has 13 amide bonds. The number of allylic oxidation sites excluding steroid dienone is 2. The van der Waals surface area contributed by atoms with Gasteiger partial charge in [0, 0.05) is 74.5 Å². The van der Waals surface area contributed by atoms with Gasteiger partial charge in [-0.1, -0.05) is 140 Å². The van der Waals surface area contributed by atoms with Crippen molar-refractivity contribution < 1.29 is 96.8 Å². The maximum atomic E-state index is 15.5. The smallest absolute Gasteiger partial charge is 0.303 e. The number of nitrogens with one attached hydrogen (secondary N) is 14. The topological polar surface area (TPSA) is 549 Å². The third-order valence-corrected chi connectivity index (χ3v) is 23.1. The summed E-state index contributed by atoms with van der Waals surface area (Å²) in [4.78, 5) is 241. The first-order valence-corrected chi connectivity index (χ1v) is 43.7. The number of aliphatic hydroxyl groups excluding tert-OH is 1. The second-order valence-electron chi connectivity index (χ2n) is 34.6. The molecule has 0 bridgehead atoms. The summed E-state index contributed by atoms with van der Waals surface area (Å²) in [5, 5.41) is 67.2. The third-order valence-electron chi connectivity index (χ3n) is 23.1. The molecule has 1 saturated carbocycles. The fourth-order valence-electron chi connectivity index (χ4n) is 14.9. The molecule has 16 atom stereocenters. The van der Waals surface area contributed by atoms with Crippen molar-refractivity contribution in [3.63, 3.8) is 0 Å². The van der Waals surface area contributed by atoms with Crippen LogP contribution in [0, 0.1) is 23.7 Å². The van der Waals surface area contributed by atoms with Crippen molar-refractivity contribution in [2.24, 2.45) is 29.4 Å². The minimum absolute atomic E-state index is 0. The molecule has 4 aromatic rings. The Bertz CT molecular complexity index is 4490. The van der Waals surface area contributed by atoms with Crippen LogP contribution in [0.5, 0.6) is 5.75 Å². The maximum absolute atomic E-state index is 15.5. The van der Waals surface area contributed by atoms with E-state index < -0.39 is 208 Å². The molecule has 0 spiro atoms. The van der Waals surface area contributed by atoms with Crippen LogP contribution in [0.25, 0.3) is 10.9 Å². The lowest BCUT2D eigenvalue weighted by atomic mass is 9.77. The molecule has 35 heteroatoms. The molecular weight excluding hydrogens is 1640 g/mol. The van der Waals surface area contributed by atoms with Crippen LogP contribution in [0.4, 0.5) is 0 Å². The van der Waals surface area contributed by atoms with Gasteiger partial charge in [-0.2, -0.15) is 0 Å². The molecule has 2 aliphatic rings. The monoisotopic (exact) mass is 1770 g/mol. The predicted molar refractivity (Wildman–Crippen MR) is 476 cm³/mol. The predicted octanol–water partition coefficient (Wildman–Crippen LogP) is 4.00. The number of para-hydroxylation sites is 1. The zero-order chi connectivity index (χ0) is 93.3. The van der Waals surface area contributed by atoms with Gasteiger partial charge in [-0.3, -0.25) is 81.5 Å². The molecule has 2 heterocycles. The molecule has 0 radical (unpaired) electrons. The Kier molecular flexibility index (Phi) is 42.6. The summed E-state index contributed by atoms with van der Waals surface area (Å²) < 4.78 is 0. The number of ketones is 3. The van der Waals surface area contributed by atoms with E-state index in [4.69, 9.17) is 5.73 Å². The molecule has 3 aromatic carbocycles. The molecule has 3 unspecified atom stereocenters. The van der Waals surface area contributed by atoms with E-state index in [2.05, 4.69) is 74.1 Å². The van der Waals surface area contributed by atoms with Crippen LogP contribution in [0.3, 0.4) is 0 Å². The normalized spacial score (nSPS) is 21.9. The van der Waals surface area contributed by atoms with Gasteiger partial charge >= 0.3 is 5.97 Å². The molecule has 1 aliphatic carbocycles. The number of carbonyl (C=O) groups is 17. The van der Waals surface area contributed by atoms with E-state index in [0.29, 0.717) is 72.5 Å². The van der Waals surface area contributed by atoms with Gasteiger partial charge in [0.15, 0.2) is 5.78 Å². The van der Waals surface area contributed by atoms with E-state index in [1.807, 2.05) is 38.1 Å². The average molecular weight is 1770 g/mol. The molecule has 6 rings (SSSR count). The molecule has 1 fully saturated rings. The average Bonchev–Trinajstić information content (AvgIpc) is 1.79. The first-order chi connectivity index (χ1) is 59.5. The second-order valence-corrected chi connectivity index (χ2v) is 34.6. The largest absolute Gasteiger partial charge is 0.508 e. The van der Waals surface area contributed by atoms with Gasteiger partial charge in [0.1, 0.15) is 65.2 Å². The fraction of sp³-hybridized carbons (Fsp3) is 0.576. The number of amides is 13. The summed E-state index contributed by atoms with van der Waals surface area (Å²) in [7, 11) is 0. The standard InChI is InChI=1S/C91H131N15O20.CH4/c1-51(2)44-70(99-59(10)108)85(122)104-75(58(9)107)87(124)102-72(46-61-28-21-20-22-29-61)86(123)106-91(12)43-26-19-17-15-13-14-16-18-25-42-90(11,88(125)98-57(8)81(118)97-56(7)80(117)96-55(6)79(116)95-54(5)77(114)76(113)53(4)93-49-52(3)78(92)115)105-82(119)63(45-60-30-27-31-60)36-40-73(110)69(48-64-50-94-67-33-24-23-32-66(64)67)100-84(121)71(47-62-34-37-65(109)38-35-62)101-83(120)68(103-89(91)126)39-41-74(111)112;/h14,16,20-24,28-29,32-35,37-38,50-58,60,63,68-72,75,93-94,107,109H,13,15,17-19,25-27,30-31,36,39-49H2,1-12H3,(H2,92,115)(H,95,116)(H,96,117)(H,97,118)(H,98,125)(H,99,108)(H,100,121)(H,101,120)(H,102,124)(H,103,126)(H,104,122)(H,105,119)(H,106,123)(H,111,112);1H4/b16-14+;/t52-,53-,54-,55?,56-,57?,58+,63-,68-,69-,70-,71?,72-,75-,90-,91+;/m0./s1. The van der Waals surface area contributed by atoms with Crippen LogP contribution in [-0.4, -0.2) is 211 Å². The number of hydrogen-bond donors (Lipinski definition) is 18. The molecule has 19 N–H and O–H groups in total. The van der Waals surface area contributed by atoms with Gasteiger partial charge in [-0.25, -0.2) is 0 Å². The highest BCUT2D eigenvalue weighted by Gasteiger charge is 2.44. The van der Waals surface area contributed by atoms with E-state index in [-0.39, 0.29) is 89.3 Å². The number of aromatic hydroxyl groups is 1. The number of aliphatic hydroxyl groups is 1. The van der Waals surface area contributed by atoms with Crippen molar-refractivity contribution in [3.8, 4) is 5.75 Å².